The molecule has 50 heavy (non-hydrogen) atoms. The number of rotatable bonds is 10. The Morgan fingerprint density at radius 3 is 2.54 bits per heavy atom. The number of fused-ring (bicyclic) bond motifs is 1. The molecular formula is C32H35ClF3N9O5. The Kier molecular flexibility index (Phi) is 8.96. The number of alkyl halides is 3. The van der Waals surface area contributed by atoms with E-state index >= 15 is 0 Å². The van der Waals surface area contributed by atoms with E-state index in [-0.39, 0.29) is 63.3 Å². The van der Waals surface area contributed by atoms with Crippen molar-refractivity contribution in [3.05, 3.63) is 52.7 Å². The second kappa shape index (κ2) is 13.2. The fourth-order valence-electron chi connectivity index (χ4n) is 7.08. The molecule has 4 N–H and O–H groups in total. The molecule has 2 saturated carbocycles. The van der Waals surface area contributed by atoms with Crippen LogP contribution in [0.5, 0.6) is 0 Å². The summed E-state index contributed by atoms with van der Waals surface area (Å²) in [5.41, 5.74) is -0.667. The van der Waals surface area contributed by atoms with Crippen molar-refractivity contribution in [2.24, 2.45) is 24.8 Å². The molecule has 2 aromatic heterocycles. The number of likely N-dealkylation sites (tertiary alicyclic amines) is 1. The molecule has 2 aliphatic heterocycles. The number of nitrogens with one attached hydrogen (secondary N) is 4. The standard InChI is InChI=1S/C32H35ClF3N9O5/c1-43-24(21-14-45(11-16-3-2-4-16)42-27(21)32(34,35)36)9-38-28(43)30(48)39-17-5-6-18(22(33)7-17)29(47)41-26-19-12-44(13-20(19)26)31(49)40-23-8-37-10-25(23)50-15-46/h5-7,9,14-16,19-20,23,25-26,37H,2-4,8,10-13H2,1H3,(H,39,48)(H,40,49)(H,41,47)/t19-,20+,23-,25-,26-/m1/s1. The van der Waals surface area contributed by atoms with Gasteiger partial charge in [-0.1, -0.05) is 18.0 Å². The summed E-state index contributed by atoms with van der Waals surface area (Å²) in [4.78, 5) is 55.5. The lowest BCUT2D eigenvalue weighted by Gasteiger charge is -2.25. The summed E-state index contributed by atoms with van der Waals surface area (Å²) < 4.78 is 49.3. The maximum atomic E-state index is 13.9. The third kappa shape index (κ3) is 6.63. The van der Waals surface area contributed by atoms with E-state index in [1.165, 1.54) is 46.9 Å². The largest absolute Gasteiger partial charge is 0.461 e. The Balaban J connectivity index is 0.943. The molecule has 2 aliphatic carbocycles. The fraction of sp³-hybridized carbons (Fsp3) is 0.500. The molecule has 266 valence electrons. The maximum Gasteiger partial charge on any atom is 0.435 e. The lowest BCUT2D eigenvalue weighted by atomic mass is 9.85. The van der Waals surface area contributed by atoms with Gasteiger partial charge in [0, 0.05) is 69.5 Å². The fourth-order valence-corrected chi connectivity index (χ4v) is 7.35. The molecule has 7 rings (SSSR count). The molecule has 4 amide bonds. The molecule has 0 bridgehead atoms. The third-order valence-electron chi connectivity index (χ3n) is 10.1. The highest BCUT2D eigenvalue weighted by Crippen LogP contribution is 2.46. The Bertz CT molecular complexity index is 1810. The van der Waals surface area contributed by atoms with Crippen LogP contribution in [-0.2, 0) is 29.3 Å². The summed E-state index contributed by atoms with van der Waals surface area (Å²) in [7, 11) is 1.45. The molecule has 0 unspecified atom stereocenters. The smallest absolute Gasteiger partial charge is 0.435 e. The lowest BCUT2D eigenvalue weighted by Crippen LogP contribution is -2.50. The second-order valence-corrected chi connectivity index (χ2v) is 13.7. The zero-order valence-electron chi connectivity index (χ0n) is 26.9. The zero-order chi connectivity index (χ0) is 35.3. The predicted octanol–water partition coefficient (Wildman–Crippen LogP) is 2.89. The predicted molar refractivity (Wildman–Crippen MR) is 172 cm³/mol. The van der Waals surface area contributed by atoms with Crippen molar-refractivity contribution in [3.8, 4) is 11.3 Å². The summed E-state index contributed by atoms with van der Waals surface area (Å²) in [5, 5.41) is 15.5. The van der Waals surface area contributed by atoms with E-state index in [0.29, 0.717) is 45.1 Å². The number of piperidine rings is 1. The Morgan fingerprint density at radius 1 is 1.12 bits per heavy atom. The molecule has 4 aliphatic rings. The van der Waals surface area contributed by atoms with E-state index in [1.54, 1.807) is 4.90 Å². The van der Waals surface area contributed by atoms with E-state index in [4.69, 9.17) is 16.3 Å². The molecular weight excluding hydrogens is 683 g/mol. The number of aromatic nitrogens is 4. The molecule has 0 spiro atoms. The van der Waals surface area contributed by atoms with Crippen molar-refractivity contribution < 1.29 is 37.1 Å². The first-order valence-electron chi connectivity index (χ1n) is 16.3. The quantitative estimate of drug-likeness (QED) is 0.233. The van der Waals surface area contributed by atoms with Gasteiger partial charge in [-0.05, 0) is 37.0 Å². The topological polar surface area (TPSA) is 165 Å². The molecule has 5 atom stereocenters. The number of urea groups is 1. The second-order valence-electron chi connectivity index (χ2n) is 13.3. The highest BCUT2D eigenvalue weighted by molar-refractivity contribution is 6.34. The summed E-state index contributed by atoms with van der Waals surface area (Å²) in [5.74, 6) is -0.731. The number of nitrogens with zero attached hydrogens (tertiary/aromatic N) is 5. The number of carbonyl (C=O) groups excluding carboxylic acids is 4. The summed E-state index contributed by atoms with van der Waals surface area (Å²) in [6.45, 7) is 2.66. The minimum absolute atomic E-state index is 0.0820. The van der Waals surface area contributed by atoms with Crippen LogP contribution < -0.4 is 21.3 Å². The SMILES string of the molecule is Cn1c(-c2cn(CC3CCC3)nc2C(F)(F)F)cnc1C(=O)Nc1ccc(C(=O)N[C@@H]2[C@@H]3CN(C(=O)N[C@@H]4CNC[C@H]4OC=O)C[C@@H]32)c(Cl)c1. The number of ether oxygens (including phenoxy) is 1. The van der Waals surface area contributed by atoms with Crippen LogP contribution in [-0.4, -0.2) is 92.9 Å². The average molecular weight is 718 g/mol. The number of carbonyl (C=O) groups is 4. The number of amides is 4. The van der Waals surface area contributed by atoms with Crippen LogP contribution >= 0.6 is 11.6 Å². The van der Waals surface area contributed by atoms with Crippen molar-refractivity contribution in [1.29, 1.82) is 0 Å². The van der Waals surface area contributed by atoms with Crippen molar-refractivity contribution in [2.75, 3.05) is 31.5 Å². The summed E-state index contributed by atoms with van der Waals surface area (Å²) >= 11 is 6.44. The summed E-state index contributed by atoms with van der Waals surface area (Å²) in [6, 6.07) is 3.67. The number of halogens is 4. The van der Waals surface area contributed by atoms with Gasteiger partial charge >= 0.3 is 12.2 Å². The van der Waals surface area contributed by atoms with E-state index in [0.717, 1.165) is 19.3 Å². The molecule has 4 fully saturated rings. The van der Waals surface area contributed by atoms with E-state index in [1.807, 2.05) is 0 Å². The van der Waals surface area contributed by atoms with Crippen molar-refractivity contribution >= 4 is 41.6 Å². The first-order chi connectivity index (χ1) is 23.9. The number of anilines is 1. The summed E-state index contributed by atoms with van der Waals surface area (Å²) in [6.07, 6.45) is 0.393. The molecule has 14 nitrogen and oxygen atoms in total. The number of imidazole rings is 1. The first kappa shape index (κ1) is 33.8. The van der Waals surface area contributed by atoms with Gasteiger partial charge in [0.1, 0.15) is 6.10 Å². The Labute approximate surface area is 289 Å². The van der Waals surface area contributed by atoms with Gasteiger partial charge in [0.05, 0.1) is 34.1 Å². The Morgan fingerprint density at radius 2 is 1.88 bits per heavy atom. The highest BCUT2D eigenvalue weighted by atomic mass is 35.5. The van der Waals surface area contributed by atoms with Gasteiger partial charge in [-0.3, -0.25) is 19.1 Å². The van der Waals surface area contributed by atoms with Crippen LogP contribution in [0.3, 0.4) is 0 Å². The van der Waals surface area contributed by atoms with E-state index in [2.05, 4.69) is 31.3 Å². The van der Waals surface area contributed by atoms with Crippen LogP contribution in [0.25, 0.3) is 11.3 Å². The number of hydrogen-bond acceptors (Lipinski definition) is 8. The zero-order valence-corrected chi connectivity index (χ0v) is 27.6. The normalized spacial score (nSPS) is 24.3. The molecule has 2 saturated heterocycles. The minimum Gasteiger partial charge on any atom is -0.461 e. The lowest BCUT2D eigenvalue weighted by molar-refractivity contribution is -0.141. The number of hydrogen-bond donors (Lipinski definition) is 4. The average Bonchev–Trinajstić information content (AvgIpc) is 3.62. The van der Waals surface area contributed by atoms with Crippen LogP contribution in [0.1, 0.15) is 45.9 Å². The minimum atomic E-state index is -4.70. The van der Waals surface area contributed by atoms with Crippen LogP contribution in [0.2, 0.25) is 5.02 Å². The number of benzene rings is 1. The molecule has 3 aromatic rings. The van der Waals surface area contributed by atoms with Crippen LogP contribution in [0, 0.1) is 17.8 Å². The highest BCUT2D eigenvalue weighted by Gasteiger charge is 2.57. The Hall–Kier alpha value is -4.64. The van der Waals surface area contributed by atoms with Gasteiger partial charge in [-0.15, -0.1) is 0 Å². The van der Waals surface area contributed by atoms with Gasteiger partial charge in [-0.2, -0.15) is 18.3 Å². The van der Waals surface area contributed by atoms with Crippen LogP contribution in [0.15, 0.2) is 30.6 Å². The molecule has 18 heteroatoms. The van der Waals surface area contributed by atoms with Crippen molar-refractivity contribution in [1.82, 2.24) is 40.2 Å². The van der Waals surface area contributed by atoms with Crippen molar-refractivity contribution in [2.45, 2.75) is 50.2 Å². The first-order valence-corrected chi connectivity index (χ1v) is 16.7. The van der Waals surface area contributed by atoms with Gasteiger partial charge in [0.15, 0.2) is 11.5 Å². The van der Waals surface area contributed by atoms with Gasteiger partial charge in [0.25, 0.3) is 18.3 Å². The third-order valence-corrected chi connectivity index (χ3v) is 10.4. The van der Waals surface area contributed by atoms with E-state index < -0.39 is 29.8 Å². The van der Waals surface area contributed by atoms with Gasteiger partial charge < -0.3 is 35.5 Å². The maximum absolute atomic E-state index is 13.9. The molecule has 4 heterocycles. The van der Waals surface area contributed by atoms with E-state index in [9.17, 15) is 32.3 Å². The van der Waals surface area contributed by atoms with Gasteiger partial charge in [-0.25, -0.2) is 9.78 Å². The monoisotopic (exact) mass is 717 g/mol. The van der Waals surface area contributed by atoms with Gasteiger partial charge in [0.2, 0.25) is 0 Å². The van der Waals surface area contributed by atoms with Crippen molar-refractivity contribution in [3.63, 3.8) is 0 Å². The molecule has 0 radical (unpaired) electrons. The van der Waals surface area contributed by atoms with Crippen LogP contribution in [0.4, 0.5) is 23.7 Å². The molecule has 1 aromatic carbocycles.